The number of hydrogen-bond donors (Lipinski definition) is 2. The molecule has 0 aliphatic rings. The first-order valence-electron chi connectivity index (χ1n) is 6.18. The molecule has 0 saturated carbocycles. The molecule has 0 aromatic heterocycles. The Hall–Kier alpha value is -1.58. The molecule has 0 heterocycles. The van der Waals surface area contributed by atoms with Crippen LogP contribution in [0.3, 0.4) is 0 Å². The Labute approximate surface area is 109 Å². The number of rotatable bonds is 8. The van der Waals surface area contributed by atoms with Crippen LogP contribution >= 0.6 is 0 Å². The third kappa shape index (κ3) is 12.5. The van der Waals surface area contributed by atoms with Gasteiger partial charge in [0, 0.05) is 11.1 Å². The molecule has 2 N–H and O–H groups in total. The second-order valence-electron chi connectivity index (χ2n) is 4.02. The minimum absolute atomic E-state index is 0.317. The molecule has 0 aliphatic carbocycles. The maximum Gasteiger partial charge on any atom is 0.330 e. The van der Waals surface area contributed by atoms with Crippen LogP contribution in [0.15, 0.2) is 24.3 Å². The minimum atomic E-state index is -0.872. The van der Waals surface area contributed by atoms with E-state index in [4.69, 9.17) is 10.2 Å². The van der Waals surface area contributed by atoms with Gasteiger partial charge in [0.05, 0.1) is 0 Å². The first kappa shape index (κ1) is 18.8. The second kappa shape index (κ2) is 11.9. The molecule has 0 amide bonds. The summed E-state index contributed by atoms with van der Waals surface area (Å²) in [6, 6.07) is 0. The average Bonchev–Trinajstić information content (AvgIpc) is 2.33. The predicted molar refractivity (Wildman–Crippen MR) is 72.6 cm³/mol. The van der Waals surface area contributed by atoms with Gasteiger partial charge in [0.15, 0.2) is 0 Å². The molecule has 4 heteroatoms. The summed E-state index contributed by atoms with van der Waals surface area (Å²) in [7, 11) is 0. The quantitative estimate of drug-likeness (QED) is 0.650. The fraction of sp³-hybridized carbons (Fsp3) is 0.571. The number of carboxylic acids is 2. The number of carboxylic acid groups (broad SMARTS) is 2. The average molecular weight is 256 g/mol. The SMILES string of the molecule is C=C(CCCC)C(=O)O.C=C(CCCC)C(=O)O. The smallest absolute Gasteiger partial charge is 0.330 e. The van der Waals surface area contributed by atoms with E-state index in [0.29, 0.717) is 24.0 Å². The minimum Gasteiger partial charge on any atom is -0.478 e. The van der Waals surface area contributed by atoms with Gasteiger partial charge in [-0.15, -0.1) is 0 Å². The molecule has 0 unspecified atom stereocenters. The van der Waals surface area contributed by atoms with E-state index < -0.39 is 11.9 Å². The Morgan fingerprint density at radius 1 is 0.833 bits per heavy atom. The second-order valence-corrected chi connectivity index (χ2v) is 4.02. The summed E-state index contributed by atoms with van der Waals surface area (Å²) in [5, 5.41) is 16.6. The Bertz CT molecular complexity index is 262. The molecule has 0 bridgehead atoms. The van der Waals surface area contributed by atoms with Gasteiger partial charge < -0.3 is 10.2 Å². The summed E-state index contributed by atoms with van der Waals surface area (Å²) in [6.45, 7) is 10.8. The predicted octanol–water partition coefficient (Wildman–Crippen LogP) is 3.63. The molecule has 0 aliphatic heterocycles. The lowest BCUT2D eigenvalue weighted by Crippen LogP contribution is -1.97. The highest BCUT2D eigenvalue weighted by atomic mass is 16.4. The van der Waals surface area contributed by atoms with E-state index in [0.717, 1.165) is 25.7 Å². The molecule has 0 saturated heterocycles. The third-order valence-electron chi connectivity index (χ3n) is 2.27. The fourth-order valence-corrected chi connectivity index (χ4v) is 0.994. The summed E-state index contributed by atoms with van der Waals surface area (Å²) < 4.78 is 0. The summed E-state index contributed by atoms with van der Waals surface area (Å²) in [4.78, 5) is 20.2. The lowest BCUT2D eigenvalue weighted by atomic mass is 10.1. The third-order valence-corrected chi connectivity index (χ3v) is 2.27. The van der Waals surface area contributed by atoms with Crippen molar-refractivity contribution in [3.05, 3.63) is 24.3 Å². The Morgan fingerprint density at radius 2 is 1.11 bits per heavy atom. The summed E-state index contributed by atoms with van der Waals surface area (Å²) >= 11 is 0. The molecule has 0 rings (SSSR count). The molecule has 18 heavy (non-hydrogen) atoms. The van der Waals surface area contributed by atoms with Gasteiger partial charge >= 0.3 is 11.9 Å². The van der Waals surface area contributed by atoms with Crippen molar-refractivity contribution in [1.82, 2.24) is 0 Å². The van der Waals surface area contributed by atoms with E-state index in [1.54, 1.807) is 0 Å². The molecule has 0 spiro atoms. The number of carbonyl (C=O) groups is 2. The lowest BCUT2D eigenvalue weighted by molar-refractivity contribution is -0.133. The molecular formula is C14H24O4. The van der Waals surface area contributed by atoms with Crippen molar-refractivity contribution < 1.29 is 19.8 Å². The topological polar surface area (TPSA) is 74.6 Å². The van der Waals surface area contributed by atoms with Gasteiger partial charge in [-0.2, -0.15) is 0 Å². The van der Waals surface area contributed by atoms with Crippen molar-refractivity contribution >= 4 is 11.9 Å². The summed E-state index contributed by atoms with van der Waals surface area (Å²) in [5.74, 6) is -1.74. The molecule has 0 aromatic carbocycles. The molecule has 104 valence electrons. The zero-order valence-electron chi connectivity index (χ0n) is 11.4. The van der Waals surface area contributed by atoms with Gasteiger partial charge in [0.1, 0.15) is 0 Å². The first-order chi connectivity index (χ1) is 8.36. The Kier molecular flexibility index (Phi) is 12.4. The van der Waals surface area contributed by atoms with Crippen LogP contribution < -0.4 is 0 Å². The van der Waals surface area contributed by atoms with Gasteiger partial charge in [0.25, 0.3) is 0 Å². The van der Waals surface area contributed by atoms with Gasteiger partial charge in [-0.3, -0.25) is 0 Å². The van der Waals surface area contributed by atoms with E-state index in [1.807, 2.05) is 13.8 Å². The lowest BCUT2D eigenvalue weighted by Gasteiger charge is -1.95. The zero-order valence-corrected chi connectivity index (χ0v) is 11.4. The van der Waals surface area contributed by atoms with Crippen LogP contribution in [0, 0.1) is 0 Å². The number of hydrogen-bond acceptors (Lipinski definition) is 2. The van der Waals surface area contributed by atoms with Crippen LogP contribution in [-0.4, -0.2) is 22.2 Å². The number of aliphatic carboxylic acids is 2. The standard InChI is InChI=1S/2C7H12O2/c2*1-3-4-5-6(2)7(8)9/h2*2-5H2,1H3,(H,8,9). The summed E-state index contributed by atoms with van der Waals surface area (Å²) in [5.41, 5.74) is 0.633. The maximum atomic E-state index is 10.1. The van der Waals surface area contributed by atoms with Crippen LogP contribution in [0.1, 0.15) is 52.4 Å². The van der Waals surface area contributed by atoms with Gasteiger partial charge in [-0.05, 0) is 25.7 Å². The molecule has 0 aromatic rings. The van der Waals surface area contributed by atoms with Crippen molar-refractivity contribution in [1.29, 1.82) is 0 Å². The molecule has 0 atom stereocenters. The van der Waals surface area contributed by atoms with Crippen molar-refractivity contribution in [3.8, 4) is 0 Å². The molecular weight excluding hydrogens is 232 g/mol. The molecule has 0 fully saturated rings. The van der Waals surface area contributed by atoms with Crippen molar-refractivity contribution in [2.75, 3.05) is 0 Å². The Morgan fingerprint density at radius 3 is 1.28 bits per heavy atom. The molecule has 4 nitrogen and oxygen atoms in total. The monoisotopic (exact) mass is 256 g/mol. The highest BCUT2D eigenvalue weighted by molar-refractivity contribution is 5.85. The van der Waals surface area contributed by atoms with Gasteiger partial charge in [-0.1, -0.05) is 39.8 Å². The van der Waals surface area contributed by atoms with E-state index >= 15 is 0 Å². The van der Waals surface area contributed by atoms with Crippen molar-refractivity contribution in [2.45, 2.75) is 52.4 Å². The van der Waals surface area contributed by atoms with Crippen LogP contribution in [0.5, 0.6) is 0 Å². The fourth-order valence-electron chi connectivity index (χ4n) is 0.994. The van der Waals surface area contributed by atoms with E-state index in [9.17, 15) is 9.59 Å². The van der Waals surface area contributed by atoms with Crippen molar-refractivity contribution in [2.24, 2.45) is 0 Å². The zero-order chi connectivity index (χ0) is 14.6. The molecule has 0 radical (unpaired) electrons. The van der Waals surface area contributed by atoms with Gasteiger partial charge in [-0.25, -0.2) is 9.59 Å². The van der Waals surface area contributed by atoms with Crippen LogP contribution in [0.4, 0.5) is 0 Å². The largest absolute Gasteiger partial charge is 0.478 e. The van der Waals surface area contributed by atoms with Crippen LogP contribution in [0.2, 0.25) is 0 Å². The van der Waals surface area contributed by atoms with Crippen LogP contribution in [0.25, 0.3) is 0 Å². The first-order valence-corrected chi connectivity index (χ1v) is 6.18. The van der Waals surface area contributed by atoms with E-state index in [-0.39, 0.29) is 0 Å². The van der Waals surface area contributed by atoms with Gasteiger partial charge in [0.2, 0.25) is 0 Å². The normalized spacial score (nSPS) is 9.00. The number of unbranched alkanes of at least 4 members (excludes halogenated alkanes) is 2. The Balaban J connectivity index is 0. The van der Waals surface area contributed by atoms with E-state index in [2.05, 4.69) is 13.2 Å². The highest BCUT2D eigenvalue weighted by Crippen LogP contribution is 2.04. The maximum absolute atomic E-state index is 10.1. The summed E-state index contributed by atoms with van der Waals surface area (Å²) in [6.07, 6.45) is 5.12. The van der Waals surface area contributed by atoms with E-state index in [1.165, 1.54) is 0 Å². The highest BCUT2D eigenvalue weighted by Gasteiger charge is 2.01. The van der Waals surface area contributed by atoms with Crippen molar-refractivity contribution in [3.63, 3.8) is 0 Å². The van der Waals surface area contributed by atoms with Crippen LogP contribution in [-0.2, 0) is 9.59 Å².